The van der Waals surface area contributed by atoms with Crippen molar-refractivity contribution in [1.82, 2.24) is 0 Å². The first-order valence-electron chi connectivity index (χ1n) is 3.43. The molecule has 2 unspecified atom stereocenters. The van der Waals surface area contributed by atoms with E-state index in [0.717, 1.165) is 0 Å². The summed E-state index contributed by atoms with van der Waals surface area (Å²) in [6.45, 7) is 7.81. The molecule has 0 aromatic rings. The minimum atomic E-state index is 0.468. The maximum atomic E-state index is 3.69. The molecule has 0 radical (unpaired) electrons. The zero-order valence-corrected chi connectivity index (χ0v) is 7.83. The summed E-state index contributed by atoms with van der Waals surface area (Å²) in [5, 5.41) is 1.22. The van der Waals surface area contributed by atoms with E-state index in [9.17, 15) is 0 Å². The molecule has 0 heterocycles. The molecule has 0 aliphatic heterocycles. The molecule has 0 aliphatic carbocycles. The van der Waals surface area contributed by atoms with Crippen molar-refractivity contribution in [3.63, 3.8) is 0 Å². The van der Waals surface area contributed by atoms with Gasteiger partial charge in [0.05, 0.1) is 0 Å². The van der Waals surface area contributed by atoms with E-state index in [4.69, 9.17) is 0 Å². The molecule has 0 aromatic carbocycles. The monoisotopic (exact) mass is 154 g/mol. The van der Waals surface area contributed by atoms with Crippen molar-refractivity contribution in [1.29, 1.82) is 0 Å². The summed E-state index contributed by atoms with van der Waals surface area (Å²) in [6.07, 6.45) is 8.17. The Morgan fingerprint density at radius 3 is 2.60 bits per heavy atom. The van der Waals surface area contributed by atoms with Gasteiger partial charge in [0.1, 0.15) is 0 Å². The Kier molecular flexibility index (Phi) is 5.25. The van der Waals surface area contributed by atoms with E-state index in [0.29, 0.717) is 5.92 Å². The van der Waals surface area contributed by atoms with Crippen molar-refractivity contribution >= 4 is 9.24 Å². The second kappa shape index (κ2) is 5.44. The lowest BCUT2D eigenvalue weighted by atomic mass is 10.1. The molecule has 0 N–H and O–H groups in total. The predicted molar refractivity (Wildman–Crippen MR) is 52.0 cm³/mol. The third kappa shape index (κ3) is 4.52. The highest BCUT2D eigenvalue weighted by Crippen LogP contribution is 2.08. The average Bonchev–Trinajstić information content (AvgIpc) is 1.99. The standard InChI is InChI=1S/C9H15P/c1-4-8(3)6-7-9(10)5-2/h4-8H,1,10H2,2-3H3/b7-6-,9-5+. The van der Waals surface area contributed by atoms with E-state index in [1.165, 1.54) is 5.31 Å². The van der Waals surface area contributed by atoms with Crippen LogP contribution in [0.1, 0.15) is 13.8 Å². The molecular weight excluding hydrogens is 139 g/mol. The Hall–Kier alpha value is -0.350. The van der Waals surface area contributed by atoms with Crippen molar-refractivity contribution in [3.8, 4) is 0 Å². The summed E-state index contributed by atoms with van der Waals surface area (Å²) < 4.78 is 0. The van der Waals surface area contributed by atoms with Gasteiger partial charge < -0.3 is 0 Å². The zero-order valence-electron chi connectivity index (χ0n) is 6.67. The van der Waals surface area contributed by atoms with Crippen LogP contribution >= 0.6 is 9.24 Å². The van der Waals surface area contributed by atoms with Crippen LogP contribution in [0.4, 0.5) is 0 Å². The van der Waals surface area contributed by atoms with Crippen LogP contribution < -0.4 is 0 Å². The van der Waals surface area contributed by atoms with Crippen LogP contribution in [0.2, 0.25) is 0 Å². The van der Waals surface area contributed by atoms with E-state index >= 15 is 0 Å². The summed E-state index contributed by atoms with van der Waals surface area (Å²) in [7, 11) is 2.66. The Bertz CT molecular complexity index is 154. The second-order valence-electron chi connectivity index (χ2n) is 2.24. The lowest BCUT2D eigenvalue weighted by Gasteiger charge is -1.94. The van der Waals surface area contributed by atoms with Crippen LogP contribution in [0, 0.1) is 5.92 Å². The molecule has 0 nitrogen and oxygen atoms in total. The summed E-state index contributed by atoms with van der Waals surface area (Å²) in [5.41, 5.74) is 0. The molecular formula is C9H15P. The maximum Gasteiger partial charge on any atom is -0.00812 e. The summed E-state index contributed by atoms with van der Waals surface area (Å²) in [4.78, 5) is 0. The minimum absolute atomic E-state index is 0.468. The highest BCUT2D eigenvalue weighted by atomic mass is 31.0. The first-order chi connectivity index (χ1) is 4.70. The fourth-order valence-corrected chi connectivity index (χ4v) is 0.549. The Labute approximate surface area is 65.9 Å². The van der Waals surface area contributed by atoms with Crippen molar-refractivity contribution < 1.29 is 0 Å². The molecule has 0 spiro atoms. The topological polar surface area (TPSA) is 0 Å². The Morgan fingerprint density at radius 2 is 2.20 bits per heavy atom. The Balaban J connectivity index is 3.86. The molecule has 10 heavy (non-hydrogen) atoms. The second-order valence-corrected chi connectivity index (χ2v) is 2.91. The molecule has 0 saturated heterocycles. The van der Waals surface area contributed by atoms with Gasteiger partial charge in [-0.05, 0) is 18.2 Å². The van der Waals surface area contributed by atoms with Crippen LogP contribution in [-0.4, -0.2) is 0 Å². The van der Waals surface area contributed by atoms with Gasteiger partial charge >= 0.3 is 0 Å². The van der Waals surface area contributed by atoms with Crippen molar-refractivity contribution in [3.05, 3.63) is 36.2 Å². The van der Waals surface area contributed by atoms with Gasteiger partial charge in [0.15, 0.2) is 0 Å². The van der Waals surface area contributed by atoms with Gasteiger partial charge in [-0.15, -0.1) is 15.8 Å². The van der Waals surface area contributed by atoms with Crippen molar-refractivity contribution in [2.45, 2.75) is 13.8 Å². The predicted octanol–water partition coefficient (Wildman–Crippen LogP) is 3.14. The van der Waals surface area contributed by atoms with Crippen LogP contribution in [0.3, 0.4) is 0 Å². The van der Waals surface area contributed by atoms with Crippen molar-refractivity contribution in [2.24, 2.45) is 5.92 Å². The molecule has 2 atom stereocenters. The molecule has 0 saturated carbocycles. The van der Waals surface area contributed by atoms with E-state index in [2.05, 4.69) is 41.0 Å². The molecule has 0 amide bonds. The van der Waals surface area contributed by atoms with Crippen LogP contribution in [0.15, 0.2) is 36.2 Å². The molecule has 0 aliphatic rings. The Morgan fingerprint density at radius 1 is 1.60 bits per heavy atom. The summed E-state index contributed by atoms with van der Waals surface area (Å²) >= 11 is 0. The smallest absolute Gasteiger partial charge is 0.00812 e. The lowest BCUT2D eigenvalue weighted by Crippen LogP contribution is -1.78. The fraction of sp³-hybridized carbons (Fsp3) is 0.333. The normalized spacial score (nSPS) is 15.7. The van der Waals surface area contributed by atoms with Gasteiger partial charge in [0, 0.05) is 0 Å². The quantitative estimate of drug-likeness (QED) is 0.333. The maximum absolute atomic E-state index is 3.69. The largest absolute Gasteiger partial charge is 0.106 e. The third-order valence-corrected chi connectivity index (χ3v) is 1.82. The molecule has 0 rings (SSSR count). The van der Waals surface area contributed by atoms with E-state index in [1.807, 2.05) is 13.0 Å². The van der Waals surface area contributed by atoms with E-state index in [1.54, 1.807) is 0 Å². The first-order valence-corrected chi connectivity index (χ1v) is 4.01. The van der Waals surface area contributed by atoms with Gasteiger partial charge in [-0.2, -0.15) is 0 Å². The summed E-state index contributed by atoms with van der Waals surface area (Å²) in [5.74, 6) is 0.468. The lowest BCUT2D eigenvalue weighted by molar-refractivity contribution is 0.943. The van der Waals surface area contributed by atoms with Crippen LogP contribution in [-0.2, 0) is 0 Å². The first kappa shape index (κ1) is 9.65. The number of hydrogen-bond acceptors (Lipinski definition) is 0. The number of allylic oxidation sites excluding steroid dienone is 5. The molecule has 0 fully saturated rings. The number of rotatable bonds is 3. The summed E-state index contributed by atoms with van der Waals surface area (Å²) in [6, 6.07) is 0. The molecule has 1 heteroatoms. The average molecular weight is 154 g/mol. The highest BCUT2D eigenvalue weighted by Gasteiger charge is 1.85. The minimum Gasteiger partial charge on any atom is -0.106 e. The van der Waals surface area contributed by atoms with Crippen molar-refractivity contribution in [2.75, 3.05) is 0 Å². The SMILES string of the molecule is C=CC(C)/C=C\C(P)=C/C. The van der Waals surface area contributed by atoms with Gasteiger partial charge in [0.25, 0.3) is 0 Å². The highest BCUT2D eigenvalue weighted by molar-refractivity contribution is 7.22. The van der Waals surface area contributed by atoms with Gasteiger partial charge in [-0.1, -0.05) is 31.2 Å². The van der Waals surface area contributed by atoms with Gasteiger partial charge in [-0.3, -0.25) is 0 Å². The molecule has 0 aromatic heterocycles. The third-order valence-electron chi connectivity index (χ3n) is 1.30. The van der Waals surface area contributed by atoms with Crippen LogP contribution in [0.5, 0.6) is 0 Å². The zero-order chi connectivity index (χ0) is 7.98. The number of hydrogen-bond donors (Lipinski definition) is 0. The molecule has 56 valence electrons. The van der Waals surface area contributed by atoms with E-state index in [-0.39, 0.29) is 0 Å². The van der Waals surface area contributed by atoms with E-state index < -0.39 is 0 Å². The van der Waals surface area contributed by atoms with Crippen LogP contribution in [0.25, 0.3) is 0 Å². The van der Waals surface area contributed by atoms with Gasteiger partial charge in [-0.25, -0.2) is 0 Å². The molecule has 0 bridgehead atoms. The fourth-order valence-electron chi connectivity index (χ4n) is 0.438. The van der Waals surface area contributed by atoms with Gasteiger partial charge in [0.2, 0.25) is 0 Å².